The fourth-order valence-corrected chi connectivity index (χ4v) is 2.39. The topological polar surface area (TPSA) is 20.2 Å². The summed E-state index contributed by atoms with van der Waals surface area (Å²) in [5.74, 6) is -0.465. The van der Waals surface area contributed by atoms with Gasteiger partial charge in [0.2, 0.25) is 4.52 Å². The molecule has 0 saturated carbocycles. The van der Waals surface area contributed by atoms with Gasteiger partial charge in [-0.25, -0.2) is 0 Å². The molecule has 2 rings (SSSR count). The van der Waals surface area contributed by atoms with E-state index in [1.807, 2.05) is 60.7 Å². The van der Waals surface area contributed by atoms with Crippen LogP contribution in [-0.2, 0) is 0 Å². The van der Waals surface area contributed by atoms with Crippen molar-refractivity contribution in [3.8, 4) is 0 Å². The first kappa shape index (κ1) is 12.4. The highest BCUT2D eigenvalue weighted by atomic mass is 35.5. The second kappa shape index (κ2) is 5.09. The van der Waals surface area contributed by atoms with Crippen molar-refractivity contribution in [1.29, 1.82) is 0 Å². The second-order valence-corrected chi connectivity index (χ2v) is 5.19. The van der Waals surface area contributed by atoms with Gasteiger partial charge in [0.25, 0.3) is 0 Å². The van der Waals surface area contributed by atoms with E-state index in [1.165, 1.54) is 0 Å². The highest BCUT2D eigenvalue weighted by molar-refractivity contribution is 6.47. The van der Waals surface area contributed by atoms with Crippen molar-refractivity contribution in [3.05, 3.63) is 71.8 Å². The average molecular weight is 267 g/mol. The van der Waals surface area contributed by atoms with E-state index in [4.69, 9.17) is 23.2 Å². The maximum atomic E-state index is 9.92. The first-order chi connectivity index (χ1) is 8.09. The molecule has 0 aliphatic carbocycles. The lowest BCUT2D eigenvalue weighted by Gasteiger charge is -2.25. The summed E-state index contributed by atoms with van der Waals surface area (Å²) in [5, 5.41) is 9.92. The Morgan fingerprint density at radius 1 is 0.765 bits per heavy atom. The van der Waals surface area contributed by atoms with Gasteiger partial charge in [0.1, 0.15) is 0 Å². The number of aliphatic hydroxyl groups is 1. The van der Waals surface area contributed by atoms with Crippen LogP contribution in [0.1, 0.15) is 17.0 Å². The molecule has 3 heteroatoms. The maximum absolute atomic E-state index is 9.92. The molecule has 2 aromatic carbocycles. The molecule has 0 fully saturated rings. The number of rotatable bonds is 3. The molecule has 0 aromatic heterocycles. The molecule has 0 atom stereocenters. The molecule has 0 aliphatic rings. The van der Waals surface area contributed by atoms with E-state index in [9.17, 15) is 5.11 Å². The standard InChI is InChI=1S/C14H12Cl2O/c15-14(16,17)13(11-7-3-1-4-8-11)12-9-5-2-6-10-12/h1-10,13,17H. The largest absolute Gasteiger partial charge is 0.362 e. The lowest BCUT2D eigenvalue weighted by molar-refractivity contribution is 0.196. The minimum absolute atomic E-state index is 0.465. The molecule has 0 unspecified atom stereocenters. The summed E-state index contributed by atoms with van der Waals surface area (Å²) in [5.41, 5.74) is 1.76. The Morgan fingerprint density at radius 3 is 1.41 bits per heavy atom. The molecular formula is C14H12Cl2O. The molecule has 0 heterocycles. The van der Waals surface area contributed by atoms with Crippen LogP contribution < -0.4 is 0 Å². The summed E-state index contributed by atoms with van der Waals surface area (Å²) in [6.45, 7) is 0. The smallest absolute Gasteiger partial charge is 0.226 e. The van der Waals surface area contributed by atoms with Gasteiger partial charge in [0, 0.05) is 0 Å². The molecule has 0 spiro atoms. The van der Waals surface area contributed by atoms with E-state index in [-0.39, 0.29) is 0 Å². The normalized spacial score (nSPS) is 11.8. The Morgan fingerprint density at radius 2 is 1.12 bits per heavy atom. The van der Waals surface area contributed by atoms with E-state index in [1.54, 1.807) is 0 Å². The first-order valence-corrected chi connectivity index (χ1v) is 6.04. The molecule has 1 nitrogen and oxygen atoms in total. The Labute approximate surface area is 111 Å². The maximum Gasteiger partial charge on any atom is 0.226 e. The third kappa shape index (κ3) is 3.01. The predicted molar refractivity (Wildman–Crippen MR) is 71.4 cm³/mol. The quantitative estimate of drug-likeness (QED) is 0.835. The molecule has 0 saturated heterocycles. The van der Waals surface area contributed by atoms with Crippen LogP contribution in [0.25, 0.3) is 0 Å². The van der Waals surface area contributed by atoms with Crippen LogP contribution in [0.3, 0.4) is 0 Å². The number of benzene rings is 2. The van der Waals surface area contributed by atoms with E-state index in [0.717, 1.165) is 11.1 Å². The predicted octanol–water partition coefficient (Wildman–Crippen LogP) is 3.94. The van der Waals surface area contributed by atoms with Gasteiger partial charge >= 0.3 is 0 Å². The molecule has 0 amide bonds. The van der Waals surface area contributed by atoms with Crippen LogP contribution in [0.4, 0.5) is 0 Å². The molecular weight excluding hydrogens is 255 g/mol. The summed E-state index contributed by atoms with van der Waals surface area (Å²) in [4.78, 5) is 0. The van der Waals surface area contributed by atoms with Gasteiger partial charge in [-0.05, 0) is 11.1 Å². The third-order valence-corrected chi connectivity index (χ3v) is 3.05. The van der Waals surface area contributed by atoms with Gasteiger partial charge in [0.15, 0.2) is 0 Å². The van der Waals surface area contributed by atoms with Crippen molar-refractivity contribution in [2.45, 2.75) is 10.4 Å². The third-order valence-electron chi connectivity index (χ3n) is 2.61. The number of alkyl halides is 2. The summed E-state index contributed by atoms with van der Waals surface area (Å²) in [6, 6.07) is 19.0. The molecule has 0 aliphatic heterocycles. The molecule has 88 valence electrons. The molecule has 17 heavy (non-hydrogen) atoms. The van der Waals surface area contributed by atoms with Crippen molar-refractivity contribution in [3.63, 3.8) is 0 Å². The lowest BCUT2D eigenvalue weighted by atomic mass is 9.92. The Bertz CT molecular complexity index is 423. The lowest BCUT2D eigenvalue weighted by Crippen LogP contribution is -2.24. The highest BCUT2D eigenvalue weighted by Gasteiger charge is 2.34. The van der Waals surface area contributed by atoms with Crippen LogP contribution in [0.15, 0.2) is 60.7 Å². The van der Waals surface area contributed by atoms with Gasteiger partial charge in [-0.2, -0.15) is 0 Å². The van der Waals surface area contributed by atoms with Crippen LogP contribution >= 0.6 is 23.2 Å². The van der Waals surface area contributed by atoms with E-state index >= 15 is 0 Å². The Hall–Kier alpha value is -1.02. The first-order valence-electron chi connectivity index (χ1n) is 5.29. The SMILES string of the molecule is OC(Cl)(Cl)C(c1ccccc1)c1ccccc1. The van der Waals surface area contributed by atoms with Gasteiger partial charge in [-0.15, -0.1) is 0 Å². The number of hydrogen-bond donors (Lipinski definition) is 1. The Balaban J connectivity index is 2.48. The zero-order valence-corrected chi connectivity index (χ0v) is 10.6. The van der Waals surface area contributed by atoms with Crippen molar-refractivity contribution >= 4 is 23.2 Å². The molecule has 0 bridgehead atoms. The van der Waals surface area contributed by atoms with Gasteiger partial charge < -0.3 is 5.11 Å². The fraction of sp³-hybridized carbons (Fsp3) is 0.143. The number of halogens is 2. The minimum Gasteiger partial charge on any atom is -0.362 e. The average Bonchev–Trinajstić information content (AvgIpc) is 2.30. The van der Waals surface area contributed by atoms with E-state index in [0.29, 0.717) is 0 Å². The van der Waals surface area contributed by atoms with Gasteiger partial charge in [0.05, 0.1) is 5.92 Å². The highest BCUT2D eigenvalue weighted by Crippen LogP contribution is 2.40. The second-order valence-electron chi connectivity index (χ2n) is 3.84. The van der Waals surface area contributed by atoms with Crippen molar-refractivity contribution in [2.24, 2.45) is 0 Å². The monoisotopic (exact) mass is 266 g/mol. The van der Waals surface area contributed by atoms with Gasteiger partial charge in [-0.3, -0.25) is 0 Å². The van der Waals surface area contributed by atoms with Crippen molar-refractivity contribution in [1.82, 2.24) is 0 Å². The molecule has 1 N–H and O–H groups in total. The number of hydrogen-bond acceptors (Lipinski definition) is 1. The summed E-state index contributed by atoms with van der Waals surface area (Å²) in [6.07, 6.45) is 0. The zero-order valence-electron chi connectivity index (χ0n) is 9.05. The van der Waals surface area contributed by atoms with Crippen LogP contribution in [0, 0.1) is 0 Å². The minimum atomic E-state index is -1.83. The molecule has 0 radical (unpaired) electrons. The van der Waals surface area contributed by atoms with E-state index in [2.05, 4.69) is 0 Å². The van der Waals surface area contributed by atoms with Crippen LogP contribution in [0.5, 0.6) is 0 Å². The summed E-state index contributed by atoms with van der Waals surface area (Å²) >= 11 is 11.8. The van der Waals surface area contributed by atoms with Crippen molar-refractivity contribution in [2.75, 3.05) is 0 Å². The fourth-order valence-electron chi connectivity index (χ4n) is 1.88. The summed E-state index contributed by atoms with van der Waals surface area (Å²) in [7, 11) is 0. The van der Waals surface area contributed by atoms with Crippen molar-refractivity contribution < 1.29 is 5.11 Å². The van der Waals surface area contributed by atoms with Gasteiger partial charge in [-0.1, -0.05) is 83.9 Å². The van der Waals surface area contributed by atoms with Crippen LogP contribution in [-0.4, -0.2) is 9.63 Å². The van der Waals surface area contributed by atoms with E-state index < -0.39 is 10.4 Å². The zero-order chi connectivity index (χ0) is 12.3. The molecule has 2 aromatic rings. The summed E-state index contributed by atoms with van der Waals surface area (Å²) < 4.78 is -1.83. The Kier molecular flexibility index (Phi) is 3.72. The van der Waals surface area contributed by atoms with Crippen LogP contribution in [0.2, 0.25) is 0 Å².